The zero-order chi connectivity index (χ0) is 28.5. The van der Waals surface area contributed by atoms with Crippen LogP contribution in [0.2, 0.25) is 5.02 Å². The molecule has 0 aliphatic carbocycles. The third kappa shape index (κ3) is 5.62. The molecule has 9 heteroatoms. The highest BCUT2D eigenvalue weighted by molar-refractivity contribution is 6.32. The summed E-state index contributed by atoms with van der Waals surface area (Å²) in [7, 11) is 0. The predicted octanol–water partition coefficient (Wildman–Crippen LogP) is 4.10. The first kappa shape index (κ1) is 27.5. The molecule has 1 N–H and O–H groups in total. The first-order valence-corrected chi connectivity index (χ1v) is 14.6. The average molecular weight is 573 g/mol. The summed E-state index contributed by atoms with van der Waals surface area (Å²) in [4.78, 5) is 35.3. The first-order valence-electron chi connectivity index (χ1n) is 14.3. The van der Waals surface area contributed by atoms with Gasteiger partial charge in [-0.3, -0.25) is 9.69 Å². The van der Waals surface area contributed by atoms with E-state index in [1.165, 1.54) is 10.5 Å². The Labute approximate surface area is 244 Å². The van der Waals surface area contributed by atoms with Crippen LogP contribution < -0.4 is 0 Å². The molecule has 212 valence electrons. The molecule has 1 amide bonds. The second-order valence-electron chi connectivity index (χ2n) is 10.9. The van der Waals surface area contributed by atoms with E-state index in [2.05, 4.69) is 33.9 Å². The van der Waals surface area contributed by atoms with E-state index in [9.17, 15) is 14.7 Å². The Morgan fingerprint density at radius 3 is 2.66 bits per heavy atom. The average Bonchev–Trinajstić information content (AvgIpc) is 3.67. The van der Waals surface area contributed by atoms with Gasteiger partial charge in [-0.25, -0.2) is 9.78 Å². The minimum atomic E-state index is -0.927. The van der Waals surface area contributed by atoms with Crippen LogP contribution in [0.5, 0.6) is 0 Å². The third-order valence-electron chi connectivity index (χ3n) is 8.16. The molecular formula is C32H33ClN4O4. The van der Waals surface area contributed by atoms with Crippen LogP contribution in [0.25, 0.3) is 0 Å². The molecule has 3 aromatic rings. The van der Waals surface area contributed by atoms with E-state index in [-0.39, 0.29) is 25.2 Å². The molecule has 0 saturated carbocycles. The maximum absolute atomic E-state index is 13.7. The third-order valence-corrected chi connectivity index (χ3v) is 8.49. The van der Waals surface area contributed by atoms with Gasteiger partial charge >= 0.3 is 5.97 Å². The van der Waals surface area contributed by atoms with Gasteiger partial charge in [0, 0.05) is 65.7 Å². The number of esters is 1. The van der Waals surface area contributed by atoms with Crippen molar-refractivity contribution in [3.05, 3.63) is 87.0 Å². The van der Waals surface area contributed by atoms with Crippen LogP contribution >= 0.6 is 11.6 Å². The minimum Gasteiger partial charge on any atom is -0.464 e. The number of nitrogens with zero attached hydrogens (tertiary/aromatic N) is 4. The second kappa shape index (κ2) is 11.7. The predicted molar refractivity (Wildman–Crippen MR) is 154 cm³/mol. The number of hydrogen-bond donors (Lipinski definition) is 1. The van der Waals surface area contributed by atoms with Gasteiger partial charge in [-0.05, 0) is 62.4 Å². The number of aliphatic hydroxyl groups excluding tert-OH is 1. The maximum atomic E-state index is 13.7. The Kier molecular flexibility index (Phi) is 7.85. The smallest absolute Gasteiger partial charge is 0.335 e. The number of aryl methyl sites for hydroxylation is 1. The summed E-state index contributed by atoms with van der Waals surface area (Å²) >= 11 is 6.67. The summed E-state index contributed by atoms with van der Waals surface area (Å²) in [5.41, 5.74) is 5.40. The molecule has 8 nitrogen and oxygen atoms in total. The van der Waals surface area contributed by atoms with Crippen molar-refractivity contribution in [2.24, 2.45) is 0 Å². The van der Waals surface area contributed by atoms with Crippen molar-refractivity contribution in [3.8, 4) is 11.8 Å². The van der Waals surface area contributed by atoms with Crippen LogP contribution in [0.1, 0.15) is 76.2 Å². The lowest BCUT2D eigenvalue weighted by atomic mass is 10.0. The van der Waals surface area contributed by atoms with Gasteiger partial charge in [-0.1, -0.05) is 35.6 Å². The Morgan fingerprint density at radius 2 is 1.90 bits per heavy atom. The van der Waals surface area contributed by atoms with Gasteiger partial charge in [0.1, 0.15) is 0 Å². The highest BCUT2D eigenvalue weighted by Gasteiger charge is 2.42. The molecule has 1 aromatic heterocycles. The van der Waals surface area contributed by atoms with Crippen molar-refractivity contribution in [2.45, 2.75) is 64.4 Å². The van der Waals surface area contributed by atoms with Crippen molar-refractivity contribution >= 4 is 23.5 Å². The van der Waals surface area contributed by atoms with E-state index in [0.29, 0.717) is 27.4 Å². The lowest BCUT2D eigenvalue weighted by Crippen LogP contribution is -2.36. The zero-order valence-electron chi connectivity index (χ0n) is 23.1. The van der Waals surface area contributed by atoms with E-state index in [0.717, 1.165) is 63.1 Å². The van der Waals surface area contributed by atoms with Crippen LogP contribution in [-0.4, -0.2) is 62.1 Å². The van der Waals surface area contributed by atoms with Crippen LogP contribution in [0.4, 0.5) is 0 Å². The number of imidazole rings is 1. The number of ether oxygens (including phenoxy) is 1. The fraction of sp³-hybridized carbons (Fsp3) is 0.406. The number of aliphatic hydroxyl groups is 1. The summed E-state index contributed by atoms with van der Waals surface area (Å²) in [6.45, 7) is 5.69. The van der Waals surface area contributed by atoms with E-state index in [1.54, 1.807) is 25.4 Å². The van der Waals surface area contributed by atoms with Gasteiger partial charge in [0.25, 0.3) is 5.91 Å². The fourth-order valence-corrected chi connectivity index (χ4v) is 6.26. The van der Waals surface area contributed by atoms with Crippen molar-refractivity contribution in [1.82, 2.24) is 19.4 Å². The summed E-state index contributed by atoms with van der Waals surface area (Å²) in [5, 5.41) is 10.2. The number of amides is 1. The molecule has 3 aliphatic rings. The SMILES string of the molecule is CCOC(=O)[C@@H](c1ncn2c1CCC2)N1Cc2c(Cl)cc(C#Cc3ccc(CN4CCC(O)CC4)cc3)cc2C1=O. The van der Waals surface area contributed by atoms with Gasteiger partial charge in [-0.2, -0.15) is 0 Å². The van der Waals surface area contributed by atoms with E-state index >= 15 is 0 Å². The summed E-state index contributed by atoms with van der Waals surface area (Å²) in [6, 6.07) is 10.8. The van der Waals surface area contributed by atoms with E-state index in [4.69, 9.17) is 16.3 Å². The molecule has 0 spiro atoms. The van der Waals surface area contributed by atoms with Crippen LogP contribution in [0.15, 0.2) is 42.7 Å². The molecule has 1 fully saturated rings. The van der Waals surface area contributed by atoms with E-state index < -0.39 is 12.0 Å². The Morgan fingerprint density at radius 1 is 1.15 bits per heavy atom. The first-order chi connectivity index (χ1) is 19.9. The van der Waals surface area contributed by atoms with Gasteiger partial charge in [0.05, 0.1) is 24.7 Å². The molecule has 0 radical (unpaired) electrons. The van der Waals surface area contributed by atoms with Gasteiger partial charge < -0.3 is 19.3 Å². The number of aromatic nitrogens is 2. The summed E-state index contributed by atoms with van der Waals surface area (Å²) in [5.74, 6) is 5.57. The van der Waals surface area contributed by atoms with Crippen LogP contribution in [0, 0.1) is 11.8 Å². The highest BCUT2D eigenvalue weighted by atomic mass is 35.5. The number of halogens is 1. The van der Waals surface area contributed by atoms with Crippen molar-refractivity contribution in [3.63, 3.8) is 0 Å². The second-order valence-corrected chi connectivity index (χ2v) is 11.3. The molecule has 1 saturated heterocycles. The Bertz CT molecular complexity index is 1530. The van der Waals surface area contributed by atoms with Gasteiger partial charge in [0.2, 0.25) is 0 Å². The molecule has 6 rings (SSSR count). The van der Waals surface area contributed by atoms with Crippen molar-refractivity contribution in [2.75, 3.05) is 19.7 Å². The monoisotopic (exact) mass is 572 g/mol. The van der Waals surface area contributed by atoms with Gasteiger partial charge in [-0.15, -0.1) is 0 Å². The van der Waals surface area contributed by atoms with E-state index in [1.807, 2.05) is 16.7 Å². The van der Waals surface area contributed by atoms with Crippen LogP contribution in [-0.2, 0) is 35.6 Å². The van der Waals surface area contributed by atoms with Crippen LogP contribution in [0.3, 0.4) is 0 Å². The largest absolute Gasteiger partial charge is 0.464 e. The van der Waals surface area contributed by atoms with Crippen molar-refractivity contribution in [1.29, 1.82) is 0 Å². The standard InChI is InChI=1S/C32H33ClN4O4/c1-2-41-32(40)30(29-28-4-3-13-36(28)20-34-29)37-19-26-25(31(37)39)16-23(17-27(26)33)10-7-21-5-8-22(9-6-21)18-35-14-11-24(38)12-15-35/h5-6,8-9,16-17,20,24,30,38H,2-4,11-15,18-19H2,1H3/t30-/m1/s1. The number of likely N-dealkylation sites (tertiary alicyclic amines) is 1. The molecule has 0 unspecified atom stereocenters. The van der Waals surface area contributed by atoms with Gasteiger partial charge in [0.15, 0.2) is 6.04 Å². The summed E-state index contributed by atoms with van der Waals surface area (Å²) < 4.78 is 7.44. The normalized spacial score (nSPS) is 17.6. The lowest BCUT2D eigenvalue weighted by molar-refractivity contribution is -0.149. The summed E-state index contributed by atoms with van der Waals surface area (Å²) in [6.07, 6.45) is 5.00. The number of carbonyl (C=O) groups excluding carboxylic acids is 2. The highest BCUT2D eigenvalue weighted by Crippen LogP contribution is 2.37. The molecule has 41 heavy (non-hydrogen) atoms. The lowest BCUT2D eigenvalue weighted by Gasteiger charge is -2.29. The van der Waals surface area contributed by atoms with Crippen molar-refractivity contribution < 1.29 is 19.4 Å². The molecule has 3 aliphatic heterocycles. The number of benzene rings is 2. The molecule has 0 bridgehead atoms. The zero-order valence-corrected chi connectivity index (χ0v) is 23.9. The Balaban J connectivity index is 1.21. The topological polar surface area (TPSA) is 87.9 Å². The number of hydrogen-bond acceptors (Lipinski definition) is 6. The number of carbonyl (C=O) groups is 2. The quantitative estimate of drug-likeness (QED) is 0.353. The fourth-order valence-electron chi connectivity index (χ4n) is 5.98. The molecular weight excluding hydrogens is 540 g/mol. The molecule has 1 atom stereocenters. The number of rotatable bonds is 6. The number of fused-ring (bicyclic) bond motifs is 2. The Hall–Kier alpha value is -3.64. The maximum Gasteiger partial charge on any atom is 0.335 e. The minimum absolute atomic E-state index is 0.175. The number of piperidine rings is 1. The molecule has 2 aromatic carbocycles. The molecule has 4 heterocycles.